The van der Waals surface area contributed by atoms with E-state index in [9.17, 15) is 13.6 Å². The molecule has 1 aromatic heterocycles. The average molecular weight is 453 g/mol. The number of carbonyl (C=O) groups is 1. The summed E-state index contributed by atoms with van der Waals surface area (Å²) < 4.78 is 33.0. The van der Waals surface area contributed by atoms with Crippen LogP contribution >= 0.6 is 0 Å². The quantitative estimate of drug-likeness (QED) is 0.605. The smallest absolute Gasteiger partial charge is 0.319 e. The number of urea groups is 1. The largest absolute Gasteiger partial charge is 0.420 e. The summed E-state index contributed by atoms with van der Waals surface area (Å²) >= 11 is 0. The first-order chi connectivity index (χ1) is 15.7. The van der Waals surface area contributed by atoms with Gasteiger partial charge in [0.1, 0.15) is 11.6 Å². The van der Waals surface area contributed by atoms with Gasteiger partial charge in [0, 0.05) is 53.7 Å². The second kappa shape index (κ2) is 7.83. The molecule has 2 amide bonds. The summed E-state index contributed by atoms with van der Waals surface area (Å²) in [6.45, 7) is 7.24. The van der Waals surface area contributed by atoms with Crippen molar-refractivity contribution in [3.63, 3.8) is 0 Å². The number of fused-ring (bicyclic) bond motifs is 1. The highest BCUT2D eigenvalue weighted by Gasteiger charge is 2.56. The maximum absolute atomic E-state index is 14.0. The zero-order valence-electron chi connectivity index (χ0n) is 18.6. The minimum atomic E-state index is -0.588. The molecule has 0 radical (unpaired) electrons. The van der Waals surface area contributed by atoms with E-state index in [1.807, 2.05) is 37.8 Å². The average Bonchev–Trinajstić information content (AvgIpc) is 3.16. The first-order valence-corrected chi connectivity index (χ1v) is 10.9. The Morgan fingerprint density at radius 2 is 1.85 bits per heavy atom. The van der Waals surface area contributed by atoms with Crippen LogP contribution in [0.5, 0.6) is 0 Å². The van der Waals surface area contributed by atoms with E-state index in [4.69, 9.17) is 4.42 Å². The first kappa shape index (κ1) is 21.4. The van der Waals surface area contributed by atoms with Gasteiger partial charge in [-0.05, 0) is 30.3 Å². The van der Waals surface area contributed by atoms with Crippen LogP contribution < -0.4 is 15.5 Å². The van der Waals surface area contributed by atoms with Crippen LogP contribution in [0.1, 0.15) is 26.7 Å². The van der Waals surface area contributed by atoms with Crippen LogP contribution in [0, 0.1) is 23.5 Å². The van der Waals surface area contributed by atoms with Crippen molar-refractivity contribution in [2.75, 3.05) is 23.3 Å². The van der Waals surface area contributed by atoms with Crippen molar-refractivity contribution in [2.24, 2.45) is 11.8 Å². The molecule has 9 heteroatoms. The standard InChI is InChI=1S/C24H25F2N5O2/c1-24(2,3)22-30-29-21(33-22)13-5-4-6-15(9-13)27-23(32)28-20-16-11-31(12-17(16)20)19-8-7-14(25)10-18(19)26/h4-10,16-17,20H,11-12H2,1-3H3,(H2,27,28,32)/t16-,17+,20+. The van der Waals surface area contributed by atoms with Crippen molar-refractivity contribution in [1.29, 1.82) is 0 Å². The predicted molar refractivity (Wildman–Crippen MR) is 120 cm³/mol. The van der Waals surface area contributed by atoms with E-state index in [1.165, 1.54) is 12.1 Å². The van der Waals surface area contributed by atoms with Crippen molar-refractivity contribution in [1.82, 2.24) is 15.5 Å². The number of aromatic nitrogens is 2. The number of nitrogens with one attached hydrogen (secondary N) is 2. The first-order valence-electron chi connectivity index (χ1n) is 10.9. The molecule has 0 unspecified atom stereocenters. The third-order valence-electron chi connectivity index (χ3n) is 6.18. The van der Waals surface area contributed by atoms with Crippen LogP contribution in [0.15, 0.2) is 46.9 Å². The van der Waals surface area contributed by atoms with E-state index in [2.05, 4.69) is 20.8 Å². The molecular formula is C24H25F2N5O2. The van der Waals surface area contributed by atoms with Crippen LogP contribution in [0.3, 0.4) is 0 Å². The monoisotopic (exact) mass is 453 g/mol. The highest BCUT2D eigenvalue weighted by atomic mass is 19.1. The van der Waals surface area contributed by atoms with Gasteiger partial charge in [0.05, 0.1) is 5.69 Å². The van der Waals surface area contributed by atoms with Crippen LogP contribution in [0.2, 0.25) is 0 Å². The van der Waals surface area contributed by atoms with E-state index >= 15 is 0 Å². The van der Waals surface area contributed by atoms with Gasteiger partial charge in [0.2, 0.25) is 11.8 Å². The fourth-order valence-corrected chi connectivity index (χ4v) is 4.37. The second-order valence-electron chi connectivity index (χ2n) is 9.70. The summed E-state index contributed by atoms with van der Waals surface area (Å²) in [6, 6.07) is 10.6. The van der Waals surface area contributed by atoms with Crippen molar-refractivity contribution in [3.8, 4) is 11.5 Å². The Morgan fingerprint density at radius 1 is 1.09 bits per heavy atom. The van der Waals surface area contributed by atoms with Gasteiger partial charge in [-0.25, -0.2) is 13.6 Å². The molecule has 3 atom stereocenters. The molecule has 2 aromatic carbocycles. The number of amides is 2. The van der Waals surface area contributed by atoms with Crippen molar-refractivity contribution in [3.05, 3.63) is 60.0 Å². The van der Waals surface area contributed by atoms with E-state index in [-0.39, 0.29) is 29.3 Å². The predicted octanol–water partition coefficient (Wildman–Crippen LogP) is 4.57. The van der Waals surface area contributed by atoms with Gasteiger partial charge in [0.25, 0.3) is 0 Å². The number of piperidine rings is 1. The summed E-state index contributed by atoms with van der Waals surface area (Å²) in [5.74, 6) is 0.294. The lowest BCUT2D eigenvalue weighted by molar-refractivity contribution is 0.250. The number of halogens is 2. The third kappa shape index (κ3) is 4.27. The summed E-state index contributed by atoms with van der Waals surface area (Å²) in [5.41, 5.74) is 1.48. The van der Waals surface area contributed by atoms with E-state index in [1.54, 1.807) is 12.1 Å². The molecule has 2 heterocycles. The Kier molecular flexibility index (Phi) is 5.07. The molecule has 1 saturated carbocycles. The number of anilines is 2. The third-order valence-corrected chi connectivity index (χ3v) is 6.18. The van der Waals surface area contributed by atoms with E-state index in [0.29, 0.717) is 36.2 Å². The zero-order valence-corrected chi connectivity index (χ0v) is 18.6. The van der Waals surface area contributed by atoms with Crippen LogP contribution in [-0.2, 0) is 5.41 Å². The number of hydrogen-bond donors (Lipinski definition) is 2. The summed E-state index contributed by atoms with van der Waals surface area (Å²) in [6.07, 6.45) is 0. The van der Waals surface area contributed by atoms with E-state index < -0.39 is 11.6 Å². The van der Waals surface area contributed by atoms with Gasteiger partial charge in [0.15, 0.2) is 0 Å². The molecule has 33 heavy (non-hydrogen) atoms. The summed E-state index contributed by atoms with van der Waals surface area (Å²) in [7, 11) is 0. The van der Waals surface area contributed by atoms with Gasteiger partial charge >= 0.3 is 6.03 Å². The Balaban J connectivity index is 1.17. The lowest BCUT2D eigenvalue weighted by Gasteiger charge is -2.23. The zero-order chi connectivity index (χ0) is 23.3. The topological polar surface area (TPSA) is 83.3 Å². The summed E-state index contributed by atoms with van der Waals surface area (Å²) in [4.78, 5) is 14.4. The number of rotatable bonds is 4. The van der Waals surface area contributed by atoms with Crippen molar-refractivity contribution >= 4 is 17.4 Å². The molecular weight excluding hydrogens is 428 g/mol. The van der Waals surface area contributed by atoms with Gasteiger partial charge in [-0.3, -0.25) is 0 Å². The molecule has 1 aliphatic carbocycles. The molecule has 5 rings (SSSR count). The molecule has 2 N–H and O–H groups in total. The second-order valence-corrected chi connectivity index (χ2v) is 9.70. The molecule has 3 aromatic rings. The Labute approximate surface area is 190 Å². The molecule has 172 valence electrons. The van der Waals surface area contributed by atoms with Crippen LogP contribution in [0.25, 0.3) is 11.5 Å². The number of benzene rings is 2. The molecule has 1 saturated heterocycles. The lowest BCUT2D eigenvalue weighted by atomic mass is 9.97. The summed E-state index contributed by atoms with van der Waals surface area (Å²) in [5, 5.41) is 14.1. The highest BCUT2D eigenvalue weighted by molar-refractivity contribution is 5.90. The molecule has 0 bridgehead atoms. The van der Waals surface area contributed by atoms with Crippen LogP contribution in [-0.4, -0.2) is 35.4 Å². The van der Waals surface area contributed by atoms with Crippen molar-refractivity contribution < 1.29 is 18.0 Å². The lowest BCUT2D eigenvalue weighted by Crippen LogP contribution is -2.37. The Hall–Kier alpha value is -3.49. The van der Waals surface area contributed by atoms with Gasteiger partial charge in [-0.2, -0.15) is 0 Å². The molecule has 1 aliphatic heterocycles. The fraction of sp³-hybridized carbons (Fsp3) is 0.375. The molecule has 0 spiro atoms. The number of carbonyl (C=O) groups excluding carboxylic acids is 1. The van der Waals surface area contributed by atoms with E-state index in [0.717, 1.165) is 11.6 Å². The van der Waals surface area contributed by atoms with Crippen molar-refractivity contribution in [2.45, 2.75) is 32.2 Å². The van der Waals surface area contributed by atoms with Gasteiger partial charge in [-0.1, -0.05) is 26.8 Å². The minimum absolute atomic E-state index is 0.0400. The molecule has 7 nitrogen and oxygen atoms in total. The fourth-order valence-electron chi connectivity index (χ4n) is 4.37. The maximum Gasteiger partial charge on any atom is 0.319 e. The van der Waals surface area contributed by atoms with Crippen LogP contribution in [0.4, 0.5) is 25.0 Å². The van der Waals surface area contributed by atoms with Gasteiger partial charge < -0.3 is 20.0 Å². The highest BCUT2D eigenvalue weighted by Crippen LogP contribution is 2.47. The molecule has 2 fully saturated rings. The Bertz CT molecular complexity index is 1190. The number of nitrogens with zero attached hydrogens (tertiary/aromatic N) is 3. The normalized spacial score (nSPS) is 21.6. The SMILES string of the molecule is CC(C)(C)c1nnc(-c2cccc(NC(=O)N[C@H]3[C@@H]4CN(c5ccc(F)cc5F)C[C@@H]43)c2)o1. The molecule has 2 aliphatic rings. The maximum atomic E-state index is 14.0. The number of hydrogen-bond acceptors (Lipinski definition) is 5. The Morgan fingerprint density at radius 3 is 2.52 bits per heavy atom. The van der Waals surface area contributed by atoms with Gasteiger partial charge in [-0.15, -0.1) is 10.2 Å². The minimum Gasteiger partial charge on any atom is -0.420 e.